The average molecular weight is 319 g/mol. The third-order valence-corrected chi connectivity index (χ3v) is 2.98. The molecule has 0 spiro atoms. The lowest BCUT2D eigenvalue weighted by Gasteiger charge is -2.07. The highest BCUT2D eigenvalue weighted by molar-refractivity contribution is 9.10. The third-order valence-electron chi connectivity index (χ3n) is 2.55. The van der Waals surface area contributed by atoms with Crippen LogP contribution in [0.5, 0.6) is 11.5 Å². The third kappa shape index (κ3) is 2.56. The minimum atomic E-state index is -0.297. The first kappa shape index (κ1) is 12.0. The Morgan fingerprint density at radius 2 is 1.84 bits per heavy atom. The fourth-order valence-corrected chi connectivity index (χ4v) is 2.01. The Morgan fingerprint density at radius 3 is 2.63 bits per heavy atom. The number of halogens is 2. The molecule has 0 aliphatic rings. The van der Waals surface area contributed by atoms with Crippen molar-refractivity contribution in [1.29, 1.82) is 0 Å². The molecule has 0 aliphatic carbocycles. The van der Waals surface area contributed by atoms with E-state index >= 15 is 0 Å². The summed E-state index contributed by atoms with van der Waals surface area (Å²) in [5, 5.41) is 0. The van der Waals surface area contributed by atoms with Crippen molar-refractivity contribution in [1.82, 2.24) is 9.97 Å². The molecular weight excluding hydrogens is 311 g/mol. The van der Waals surface area contributed by atoms with Gasteiger partial charge in [0.1, 0.15) is 17.1 Å². The van der Waals surface area contributed by atoms with Crippen molar-refractivity contribution >= 4 is 27.0 Å². The summed E-state index contributed by atoms with van der Waals surface area (Å²) in [7, 11) is 0. The quantitative estimate of drug-likeness (QED) is 0.705. The lowest BCUT2D eigenvalue weighted by molar-refractivity contribution is 0.484. The van der Waals surface area contributed by atoms with Crippen LogP contribution in [-0.2, 0) is 0 Å². The predicted molar refractivity (Wildman–Crippen MR) is 73.7 cm³/mol. The first-order chi connectivity index (χ1) is 9.22. The molecule has 0 radical (unpaired) electrons. The van der Waals surface area contributed by atoms with E-state index in [9.17, 15) is 4.39 Å². The van der Waals surface area contributed by atoms with Gasteiger partial charge in [0.2, 0.25) is 0 Å². The first-order valence-electron chi connectivity index (χ1n) is 5.56. The van der Waals surface area contributed by atoms with Gasteiger partial charge in [-0.1, -0.05) is 0 Å². The Hall–Kier alpha value is -2.01. The molecular formula is C14H8BrFN2O. The molecule has 5 heteroatoms. The second-order valence-corrected chi connectivity index (χ2v) is 4.80. The Kier molecular flexibility index (Phi) is 3.13. The SMILES string of the molecule is Fc1ccc(Oc2ccnc3cc(Br)cnc23)cc1. The molecule has 0 unspecified atom stereocenters. The fourth-order valence-electron chi connectivity index (χ4n) is 1.69. The van der Waals surface area contributed by atoms with Gasteiger partial charge in [-0.05, 0) is 46.3 Å². The van der Waals surface area contributed by atoms with Crippen molar-refractivity contribution in [2.24, 2.45) is 0 Å². The molecule has 0 atom stereocenters. The summed E-state index contributed by atoms with van der Waals surface area (Å²) in [6, 6.07) is 9.43. The van der Waals surface area contributed by atoms with Crippen LogP contribution in [0, 0.1) is 5.82 Å². The Labute approximate surface area is 117 Å². The normalized spacial score (nSPS) is 10.6. The highest BCUT2D eigenvalue weighted by atomic mass is 79.9. The second-order valence-electron chi connectivity index (χ2n) is 3.89. The molecule has 3 aromatic rings. The van der Waals surface area contributed by atoms with E-state index in [1.807, 2.05) is 6.07 Å². The topological polar surface area (TPSA) is 35.0 Å². The van der Waals surface area contributed by atoms with Gasteiger partial charge in [-0.15, -0.1) is 0 Å². The van der Waals surface area contributed by atoms with Crippen LogP contribution in [0.15, 0.2) is 53.3 Å². The molecule has 0 bridgehead atoms. The summed E-state index contributed by atoms with van der Waals surface area (Å²) in [6.07, 6.45) is 3.33. The number of aromatic nitrogens is 2. The standard InChI is InChI=1S/C14H8BrFN2O/c15-9-7-12-14(18-8-9)13(5-6-17-12)19-11-3-1-10(16)2-4-11/h1-8H. The van der Waals surface area contributed by atoms with E-state index in [0.29, 0.717) is 17.0 Å². The molecule has 2 aromatic heterocycles. The van der Waals surface area contributed by atoms with Crippen LogP contribution in [0.3, 0.4) is 0 Å². The fraction of sp³-hybridized carbons (Fsp3) is 0. The molecule has 0 amide bonds. The maximum atomic E-state index is 12.8. The minimum absolute atomic E-state index is 0.297. The van der Waals surface area contributed by atoms with Gasteiger partial charge in [-0.2, -0.15) is 0 Å². The molecule has 3 rings (SSSR count). The summed E-state index contributed by atoms with van der Waals surface area (Å²) in [5.74, 6) is 0.844. The van der Waals surface area contributed by atoms with E-state index < -0.39 is 0 Å². The average Bonchev–Trinajstić information content (AvgIpc) is 2.41. The van der Waals surface area contributed by atoms with Crippen LogP contribution in [-0.4, -0.2) is 9.97 Å². The number of fused-ring (bicyclic) bond motifs is 1. The minimum Gasteiger partial charge on any atom is -0.455 e. The van der Waals surface area contributed by atoms with Crippen LogP contribution >= 0.6 is 15.9 Å². The summed E-state index contributed by atoms with van der Waals surface area (Å²) >= 11 is 3.35. The van der Waals surface area contributed by atoms with Crippen LogP contribution in [0.2, 0.25) is 0 Å². The molecule has 2 heterocycles. The van der Waals surface area contributed by atoms with Gasteiger partial charge in [0.15, 0.2) is 5.75 Å². The van der Waals surface area contributed by atoms with Gasteiger partial charge in [0.25, 0.3) is 0 Å². The van der Waals surface area contributed by atoms with Crippen molar-refractivity contribution in [3.8, 4) is 11.5 Å². The number of pyridine rings is 2. The zero-order valence-corrected chi connectivity index (χ0v) is 11.3. The van der Waals surface area contributed by atoms with Crippen LogP contribution in [0.1, 0.15) is 0 Å². The second kappa shape index (κ2) is 4.93. The van der Waals surface area contributed by atoms with Gasteiger partial charge < -0.3 is 4.74 Å². The number of nitrogens with zero attached hydrogens (tertiary/aromatic N) is 2. The molecule has 0 aliphatic heterocycles. The Bertz CT molecular complexity index is 731. The van der Waals surface area contributed by atoms with Gasteiger partial charge in [0.05, 0.1) is 5.52 Å². The smallest absolute Gasteiger partial charge is 0.156 e. The molecule has 19 heavy (non-hydrogen) atoms. The maximum absolute atomic E-state index is 12.8. The van der Waals surface area contributed by atoms with E-state index in [2.05, 4.69) is 25.9 Å². The van der Waals surface area contributed by atoms with Crippen LogP contribution < -0.4 is 4.74 Å². The van der Waals surface area contributed by atoms with Gasteiger partial charge in [-0.25, -0.2) is 9.37 Å². The van der Waals surface area contributed by atoms with Gasteiger partial charge in [-0.3, -0.25) is 4.98 Å². The number of hydrogen-bond donors (Lipinski definition) is 0. The van der Waals surface area contributed by atoms with E-state index in [4.69, 9.17) is 4.74 Å². The van der Waals surface area contributed by atoms with E-state index in [1.165, 1.54) is 12.1 Å². The molecule has 0 saturated carbocycles. The molecule has 1 aromatic carbocycles. The first-order valence-corrected chi connectivity index (χ1v) is 6.35. The molecule has 94 valence electrons. The summed E-state index contributed by atoms with van der Waals surface area (Å²) in [6.45, 7) is 0. The van der Waals surface area contributed by atoms with Crippen molar-refractivity contribution in [2.45, 2.75) is 0 Å². The number of ether oxygens (including phenoxy) is 1. The lowest BCUT2D eigenvalue weighted by atomic mass is 10.3. The highest BCUT2D eigenvalue weighted by Gasteiger charge is 2.06. The zero-order chi connectivity index (χ0) is 13.2. The van der Waals surface area contributed by atoms with Crippen molar-refractivity contribution < 1.29 is 9.13 Å². The van der Waals surface area contributed by atoms with Crippen LogP contribution in [0.25, 0.3) is 11.0 Å². The zero-order valence-electron chi connectivity index (χ0n) is 9.68. The van der Waals surface area contributed by atoms with Crippen LogP contribution in [0.4, 0.5) is 4.39 Å². The van der Waals surface area contributed by atoms with E-state index in [1.54, 1.807) is 30.6 Å². The van der Waals surface area contributed by atoms with Gasteiger partial charge >= 0.3 is 0 Å². The van der Waals surface area contributed by atoms with Crippen molar-refractivity contribution in [3.05, 3.63) is 59.1 Å². The summed E-state index contributed by atoms with van der Waals surface area (Å²) < 4.78 is 19.4. The molecule has 3 nitrogen and oxygen atoms in total. The van der Waals surface area contributed by atoms with Gasteiger partial charge in [0, 0.05) is 22.9 Å². The molecule has 0 fully saturated rings. The number of hydrogen-bond acceptors (Lipinski definition) is 3. The molecule has 0 saturated heterocycles. The number of rotatable bonds is 2. The predicted octanol–water partition coefficient (Wildman–Crippen LogP) is 4.32. The largest absolute Gasteiger partial charge is 0.455 e. The van der Waals surface area contributed by atoms with E-state index in [-0.39, 0.29) is 5.82 Å². The highest BCUT2D eigenvalue weighted by Crippen LogP contribution is 2.28. The Morgan fingerprint density at radius 1 is 1.05 bits per heavy atom. The Balaban J connectivity index is 2.03. The van der Waals surface area contributed by atoms with E-state index in [0.717, 1.165) is 9.99 Å². The monoisotopic (exact) mass is 318 g/mol. The lowest BCUT2D eigenvalue weighted by Crippen LogP contribution is -1.90. The number of benzene rings is 1. The van der Waals surface area contributed by atoms with Crippen molar-refractivity contribution in [2.75, 3.05) is 0 Å². The summed E-state index contributed by atoms with van der Waals surface area (Å²) in [4.78, 5) is 8.51. The summed E-state index contributed by atoms with van der Waals surface area (Å²) in [5.41, 5.74) is 1.39. The van der Waals surface area contributed by atoms with Crippen molar-refractivity contribution in [3.63, 3.8) is 0 Å². The molecule has 0 N–H and O–H groups in total. The maximum Gasteiger partial charge on any atom is 0.156 e.